The first-order chi connectivity index (χ1) is 9.70. The van der Waals surface area contributed by atoms with Crippen LogP contribution in [0.3, 0.4) is 0 Å². The van der Waals surface area contributed by atoms with Gasteiger partial charge in [-0.15, -0.1) is 0 Å². The van der Waals surface area contributed by atoms with Gasteiger partial charge in [-0.3, -0.25) is 20.2 Å². The van der Waals surface area contributed by atoms with Crippen molar-refractivity contribution in [2.45, 2.75) is 25.4 Å². The Labute approximate surface area is 117 Å². The molecule has 0 unspecified atom stereocenters. The second-order valence-electron chi connectivity index (χ2n) is 4.21. The molecule has 0 saturated carbocycles. The summed E-state index contributed by atoms with van der Waals surface area (Å²) in [6.45, 7) is 0.106. The number of rotatable bonds is 7. The maximum absolute atomic E-state index is 11.9. The van der Waals surface area contributed by atoms with E-state index in [2.05, 4.69) is 5.32 Å². The average molecular weight is 307 g/mol. The maximum Gasteiger partial charge on any atom is 0.389 e. The summed E-state index contributed by atoms with van der Waals surface area (Å²) in [6.07, 6.45) is -5.07. The molecule has 0 fully saturated rings. The number of benzene rings is 1. The predicted octanol–water partition coefficient (Wildman–Crippen LogP) is 3.65. The smallest absolute Gasteiger partial charge is 0.379 e. The van der Waals surface area contributed by atoms with Crippen molar-refractivity contribution in [3.8, 4) is 0 Å². The van der Waals surface area contributed by atoms with Crippen LogP contribution in [0.1, 0.15) is 19.3 Å². The van der Waals surface area contributed by atoms with E-state index in [0.29, 0.717) is 0 Å². The van der Waals surface area contributed by atoms with Gasteiger partial charge in [-0.1, -0.05) is 0 Å². The highest BCUT2D eigenvalue weighted by atomic mass is 19.4. The van der Waals surface area contributed by atoms with Crippen molar-refractivity contribution in [3.05, 3.63) is 38.4 Å². The molecule has 0 radical (unpaired) electrons. The summed E-state index contributed by atoms with van der Waals surface area (Å²) in [6, 6.07) is 3.06. The quantitative estimate of drug-likeness (QED) is 0.471. The molecule has 0 aliphatic rings. The largest absolute Gasteiger partial charge is 0.389 e. The first kappa shape index (κ1) is 16.7. The fourth-order valence-electron chi connectivity index (χ4n) is 1.61. The highest BCUT2D eigenvalue weighted by molar-refractivity contribution is 5.65. The van der Waals surface area contributed by atoms with Crippen LogP contribution in [0.15, 0.2) is 18.2 Å². The SMILES string of the molecule is O=[N+]([O-])c1ccc(NCCCCC(F)(F)F)c([N+](=O)[O-])c1. The highest BCUT2D eigenvalue weighted by Crippen LogP contribution is 2.29. The van der Waals surface area contributed by atoms with Crippen molar-refractivity contribution in [1.82, 2.24) is 0 Å². The van der Waals surface area contributed by atoms with Crippen LogP contribution in [0.4, 0.5) is 30.2 Å². The number of unbranched alkanes of at least 4 members (excludes halogenated alkanes) is 1. The van der Waals surface area contributed by atoms with Gasteiger partial charge in [-0.25, -0.2) is 0 Å². The van der Waals surface area contributed by atoms with Gasteiger partial charge in [0.25, 0.3) is 11.4 Å². The third-order valence-corrected chi connectivity index (χ3v) is 2.59. The molecular formula is C11H12F3N3O4. The molecule has 0 heterocycles. The topological polar surface area (TPSA) is 98.3 Å². The molecular weight excluding hydrogens is 295 g/mol. The molecule has 1 aromatic carbocycles. The van der Waals surface area contributed by atoms with Crippen molar-refractivity contribution in [3.63, 3.8) is 0 Å². The molecule has 0 spiro atoms. The van der Waals surface area contributed by atoms with Crippen molar-refractivity contribution in [2.24, 2.45) is 0 Å². The molecule has 0 saturated heterocycles. The van der Waals surface area contributed by atoms with E-state index in [-0.39, 0.29) is 25.1 Å². The number of hydrogen-bond acceptors (Lipinski definition) is 5. The number of halogens is 3. The van der Waals surface area contributed by atoms with Crippen LogP contribution in [0.5, 0.6) is 0 Å². The Hall–Kier alpha value is -2.39. The van der Waals surface area contributed by atoms with Crippen LogP contribution >= 0.6 is 0 Å². The number of nitro groups is 2. The van der Waals surface area contributed by atoms with E-state index < -0.39 is 33.8 Å². The summed E-state index contributed by atoms with van der Waals surface area (Å²) in [7, 11) is 0. The molecule has 0 aliphatic carbocycles. The van der Waals surface area contributed by atoms with Crippen LogP contribution in [0.25, 0.3) is 0 Å². The second kappa shape index (κ2) is 6.86. The number of non-ortho nitro benzene ring substituents is 1. The fourth-order valence-corrected chi connectivity index (χ4v) is 1.61. The zero-order valence-electron chi connectivity index (χ0n) is 10.7. The average Bonchev–Trinajstić information content (AvgIpc) is 2.36. The molecule has 0 bridgehead atoms. The fraction of sp³-hybridized carbons (Fsp3) is 0.455. The molecule has 0 aliphatic heterocycles. The minimum Gasteiger partial charge on any atom is -0.379 e. The Bertz CT molecular complexity index is 534. The zero-order chi connectivity index (χ0) is 16.0. The first-order valence-electron chi connectivity index (χ1n) is 5.94. The van der Waals surface area contributed by atoms with E-state index in [4.69, 9.17) is 0 Å². The summed E-state index contributed by atoms with van der Waals surface area (Å²) in [5, 5.41) is 24.0. The van der Waals surface area contributed by atoms with Crippen molar-refractivity contribution < 1.29 is 23.0 Å². The van der Waals surface area contributed by atoms with Gasteiger partial charge in [0.1, 0.15) is 5.69 Å². The highest BCUT2D eigenvalue weighted by Gasteiger charge is 2.26. The Kier molecular flexibility index (Phi) is 5.44. The van der Waals surface area contributed by atoms with E-state index in [1.165, 1.54) is 6.07 Å². The number of nitrogens with one attached hydrogen (secondary N) is 1. The summed E-state index contributed by atoms with van der Waals surface area (Å²) in [5.41, 5.74) is -0.873. The molecule has 7 nitrogen and oxygen atoms in total. The van der Waals surface area contributed by atoms with Gasteiger partial charge in [-0.05, 0) is 18.9 Å². The number of hydrogen-bond donors (Lipinski definition) is 1. The van der Waals surface area contributed by atoms with E-state index in [9.17, 15) is 33.4 Å². The molecule has 1 aromatic rings. The normalized spacial score (nSPS) is 11.2. The maximum atomic E-state index is 11.9. The van der Waals surface area contributed by atoms with Gasteiger partial charge in [0.15, 0.2) is 0 Å². The van der Waals surface area contributed by atoms with Crippen LogP contribution in [-0.2, 0) is 0 Å². The third-order valence-electron chi connectivity index (χ3n) is 2.59. The van der Waals surface area contributed by atoms with Crippen LogP contribution in [0.2, 0.25) is 0 Å². The van der Waals surface area contributed by atoms with Gasteiger partial charge < -0.3 is 5.32 Å². The summed E-state index contributed by atoms with van der Waals surface area (Å²) < 4.78 is 35.8. The molecule has 1 rings (SSSR count). The molecule has 0 atom stereocenters. The molecule has 0 aromatic heterocycles. The lowest BCUT2D eigenvalue weighted by Crippen LogP contribution is -2.09. The lowest BCUT2D eigenvalue weighted by molar-refractivity contribution is -0.393. The summed E-state index contributed by atoms with van der Waals surface area (Å²) in [4.78, 5) is 19.8. The standard InChI is InChI=1S/C11H12F3N3O4/c12-11(13,14)5-1-2-6-15-9-4-3-8(16(18)19)7-10(9)17(20)21/h3-4,7,15H,1-2,5-6H2. The Morgan fingerprint density at radius 2 is 1.76 bits per heavy atom. The van der Waals surface area contributed by atoms with Gasteiger partial charge in [0, 0.05) is 19.0 Å². The first-order valence-corrected chi connectivity index (χ1v) is 5.94. The van der Waals surface area contributed by atoms with Gasteiger partial charge >= 0.3 is 6.18 Å². The number of anilines is 1. The van der Waals surface area contributed by atoms with E-state index in [1.54, 1.807) is 0 Å². The lowest BCUT2D eigenvalue weighted by Gasteiger charge is -2.08. The minimum absolute atomic E-state index is 0.0395. The zero-order valence-corrected chi connectivity index (χ0v) is 10.7. The van der Waals surface area contributed by atoms with Crippen LogP contribution in [0, 0.1) is 20.2 Å². The number of nitro benzene ring substituents is 2. The molecule has 10 heteroatoms. The lowest BCUT2D eigenvalue weighted by atomic mass is 10.2. The predicted molar refractivity (Wildman–Crippen MR) is 68.1 cm³/mol. The molecule has 116 valence electrons. The van der Waals surface area contributed by atoms with Crippen molar-refractivity contribution >= 4 is 17.1 Å². The Balaban J connectivity index is 2.62. The van der Waals surface area contributed by atoms with Gasteiger partial charge in [0.05, 0.1) is 15.9 Å². The van der Waals surface area contributed by atoms with Gasteiger partial charge in [-0.2, -0.15) is 13.2 Å². The van der Waals surface area contributed by atoms with E-state index >= 15 is 0 Å². The van der Waals surface area contributed by atoms with E-state index in [1.807, 2.05) is 0 Å². The number of alkyl halides is 3. The summed E-state index contributed by atoms with van der Waals surface area (Å²) in [5.74, 6) is 0. The van der Waals surface area contributed by atoms with Crippen LogP contribution in [-0.4, -0.2) is 22.6 Å². The minimum atomic E-state index is -4.22. The van der Waals surface area contributed by atoms with Crippen molar-refractivity contribution in [1.29, 1.82) is 0 Å². The second-order valence-corrected chi connectivity index (χ2v) is 4.21. The summed E-state index contributed by atoms with van der Waals surface area (Å²) >= 11 is 0. The monoisotopic (exact) mass is 307 g/mol. The van der Waals surface area contributed by atoms with Gasteiger partial charge in [0.2, 0.25) is 0 Å². The molecule has 1 N–H and O–H groups in total. The molecule has 0 amide bonds. The Morgan fingerprint density at radius 1 is 1.10 bits per heavy atom. The van der Waals surface area contributed by atoms with Crippen molar-refractivity contribution in [2.75, 3.05) is 11.9 Å². The number of nitrogens with zero attached hydrogens (tertiary/aromatic N) is 2. The Morgan fingerprint density at radius 3 is 2.29 bits per heavy atom. The van der Waals surface area contributed by atoms with Crippen LogP contribution < -0.4 is 5.32 Å². The van der Waals surface area contributed by atoms with E-state index in [0.717, 1.165) is 12.1 Å². The molecule has 21 heavy (non-hydrogen) atoms. The third kappa shape index (κ3) is 5.63.